The van der Waals surface area contributed by atoms with Crippen LogP contribution < -0.4 is 4.90 Å². The Bertz CT molecular complexity index is 748. The van der Waals surface area contributed by atoms with E-state index >= 15 is 0 Å². The zero-order valence-electron chi connectivity index (χ0n) is 12.4. The second kappa shape index (κ2) is 6.12. The van der Waals surface area contributed by atoms with Crippen molar-refractivity contribution < 1.29 is 9.47 Å². The first-order valence-corrected chi connectivity index (χ1v) is 6.98. The van der Waals surface area contributed by atoms with Crippen LogP contribution in [0, 0.1) is 0 Å². The minimum absolute atomic E-state index is 0.496. The molecule has 0 unspecified atom stereocenters. The number of hydrogen-bond donors (Lipinski definition) is 0. The number of fused-ring (bicyclic) bond motifs is 3. The molecule has 0 saturated heterocycles. The number of hydrogen-bond acceptors (Lipinski definition) is 3. The summed E-state index contributed by atoms with van der Waals surface area (Å²) < 4.78 is 10.6. The Kier molecular flexibility index (Phi) is 4.04. The highest BCUT2D eigenvalue weighted by atomic mass is 16.5. The highest BCUT2D eigenvalue weighted by molar-refractivity contribution is 6.13. The zero-order valence-corrected chi connectivity index (χ0v) is 12.4. The molecule has 3 aromatic carbocycles. The monoisotopic (exact) mass is 281 g/mol. The number of ether oxygens (including phenoxy) is 2. The molecule has 0 atom stereocenters. The maximum Gasteiger partial charge on any atom is 0.120 e. The molecule has 0 heterocycles. The van der Waals surface area contributed by atoms with Crippen molar-refractivity contribution in [2.45, 2.75) is 0 Å². The minimum Gasteiger partial charge on any atom is -0.364 e. The van der Waals surface area contributed by atoms with Gasteiger partial charge >= 0.3 is 0 Å². The van der Waals surface area contributed by atoms with Crippen LogP contribution in [0.4, 0.5) is 5.69 Å². The van der Waals surface area contributed by atoms with Crippen molar-refractivity contribution in [1.29, 1.82) is 0 Å². The molecule has 3 heteroatoms. The Hall–Kier alpha value is -2.10. The van der Waals surface area contributed by atoms with Crippen LogP contribution in [0.5, 0.6) is 0 Å². The lowest BCUT2D eigenvalue weighted by molar-refractivity contribution is 0.141. The van der Waals surface area contributed by atoms with Gasteiger partial charge < -0.3 is 14.4 Å². The van der Waals surface area contributed by atoms with Crippen LogP contribution in [0.2, 0.25) is 0 Å². The van der Waals surface area contributed by atoms with Gasteiger partial charge in [0.15, 0.2) is 0 Å². The van der Waals surface area contributed by atoms with Crippen molar-refractivity contribution in [1.82, 2.24) is 0 Å². The van der Waals surface area contributed by atoms with E-state index in [9.17, 15) is 0 Å². The third-order valence-electron chi connectivity index (χ3n) is 3.66. The van der Waals surface area contributed by atoms with Gasteiger partial charge in [-0.05, 0) is 22.2 Å². The second-order valence-corrected chi connectivity index (χ2v) is 5.04. The Morgan fingerprint density at radius 1 is 0.762 bits per heavy atom. The number of rotatable bonds is 5. The highest BCUT2D eigenvalue weighted by Crippen LogP contribution is 2.33. The van der Waals surface area contributed by atoms with Crippen LogP contribution in [0.25, 0.3) is 21.5 Å². The molecule has 3 rings (SSSR count). The van der Waals surface area contributed by atoms with E-state index in [1.807, 2.05) is 0 Å². The van der Waals surface area contributed by atoms with Crippen LogP contribution >= 0.6 is 0 Å². The van der Waals surface area contributed by atoms with Crippen molar-refractivity contribution in [2.75, 3.05) is 32.6 Å². The number of anilines is 1. The van der Waals surface area contributed by atoms with Crippen molar-refractivity contribution in [3.63, 3.8) is 0 Å². The number of benzene rings is 3. The van der Waals surface area contributed by atoms with Crippen LogP contribution in [-0.4, -0.2) is 27.7 Å². The average Bonchev–Trinajstić information content (AvgIpc) is 2.54. The number of methoxy groups -OCH3 is 2. The smallest absolute Gasteiger partial charge is 0.120 e. The molecular formula is C18H19NO2. The van der Waals surface area contributed by atoms with E-state index < -0.39 is 0 Å². The molecular weight excluding hydrogens is 262 g/mol. The SMILES string of the molecule is COCN(COC)c1cc2ccccc2c2ccccc12. The van der Waals surface area contributed by atoms with Gasteiger partial charge in [-0.3, -0.25) is 0 Å². The fraction of sp³-hybridized carbons (Fsp3) is 0.222. The Balaban J connectivity index is 2.28. The molecule has 0 N–H and O–H groups in total. The number of nitrogens with zero attached hydrogens (tertiary/aromatic N) is 1. The van der Waals surface area contributed by atoms with Crippen molar-refractivity contribution in [3.8, 4) is 0 Å². The van der Waals surface area contributed by atoms with Gasteiger partial charge in [0.25, 0.3) is 0 Å². The summed E-state index contributed by atoms with van der Waals surface area (Å²) in [6.45, 7) is 0.992. The molecule has 21 heavy (non-hydrogen) atoms. The van der Waals surface area contributed by atoms with Crippen molar-refractivity contribution in [2.24, 2.45) is 0 Å². The standard InChI is InChI=1S/C18H19NO2/c1-20-12-19(13-21-2)18-11-14-7-3-4-8-15(14)16-9-5-6-10-17(16)18/h3-11H,12-13H2,1-2H3. The summed E-state index contributed by atoms with van der Waals surface area (Å²) >= 11 is 0. The van der Waals surface area contributed by atoms with Crippen molar-refractivity contribution >= 4 is 27.2 Å². The predicted octanol–water partition coefficient (Wildman–Crippen LogP) is 4.01. The van der Waals surface area contributed by atoms with Gasteiger partial charge in [0, 0.05) is 25.3 Å². The topological polar surface area (TPSA) is 21.7 Å². The van der Waals surface area contributed by atoms with E-state index in [1.165, 1.54) is 21.5 Å². The maximum atomic E-state index is 5.32. The molecule has 108 valence electrons. The molecule has 0 aliphatic heterocycles. The Morgan fingerprint density at radius 3 is 2.00 bits per heavy atom. The summed E-state index contributed by atoms with van der Waals surface area (Å²) in [6.07, 6.45) is 0. The molecule has 0 fully saturated rings. The van der Waals surface area contributed by atoms with E-state index in [2.05, 4.69) is 59.5 Å². The molecule has 3 aromatic rings. The zero-order chi connectivity index (χ0) is 14.7. The van der Waals surface area contributed by atoms with Crippen LogP contribution in [-0.2, 0) is 9.47 Å². The second-order valence-electron chi connectivity index (χ2n) is 5.04. The Morgan fingerprint density at radius 2 is 1.33 bits per heavy atom. The van der Waals surface area contributed by atoms with Gasteiger partial charge in [-0.25, -0.2) is 0 Å². The lowest BCUT2D eigenvalue weighted by atomic mass is 10.00. The molecule has 0 saturated carbocycles. The van der Waals surface area contributed by atoms with Crippen LogP contribution in [0.1, 0.15) is 0 Å². The first-order valence-electron chi connectivity index (χ1n) is 6.98. The van der Waals surface area contributed by atoms with E-state index in [1.54, 1.807) is 14.2 Å². The van der Waals surface area contributed by atoms with E-state index in [4.69, 9.17) is 9.47 Å². The molecule has 0 bridgehead atoms. The fourth-order valence-electron chi connectivity index (χ4n) is 2.78. The van der Waals surface area contributed by atoms with Gasteiger partial charge in [-0.1, -0.05) is 48.5 Å². The first-order chi connectivity index (χ1) is 10.3. The normalized spacial score (nSPS) is 11.1. The van der Waals surface area contributed by atoms with Gasteiger partial charge in [0.1, 0.15) is 13.5 Å². The molecule has 0 aliphatic rings. The minimum atomic E-state index is 0.496. The predicted molar refractivity (Wildman–Crippen MR) is 87.7 cm³/mol. The van der Waals surface area contributed by atoms with Gasteiger partial charge in [-0.15, -0.1) is 0 Å². The van der Waals surface area contributed by atoms with Gasteiger partial charge in [-0.2, -0.15) is 0 Å². The van der Waals surface area contributed by atoms with Crippen LogP contribution in [0.15, 0.2) is 54.6 Å². The van der Waals surface area contributed by atoms with Gasteiger partial charge in [0.05, 0.1) is 0 Å². The summed E-state index contributed by atoms with van der Waals surface area (Å²) in [5.74, 6) is 0. The van der Waals surface area contributed by atoms with Gasteiger partial charge in [0.2, 0.25) is 0 Å². The lowest BCUT2D eigenvalue weighted by Crippen LogP contribution is -2.27. The molecule has 0 aromatic heterocycles. The average molecular weight is 281 g/mol. The molecule has 0 aliphatic carbocycles. The van der Waals surface area contributed by atoms with E-state index in [0.717, 1.165) is 5.69 Å². The molecule has 0 amide bonds. The molecule has 0 spiro atoms. The highest BCUT2D eigenvalue weighted by Gasteiger charge is 2.12. The van der Waals surface area contributed by atoms with Crippen molar-refractivity contribution in [3.05, 3.63) is 54.6 Å². The lowest BCUT2D eigenvalue weighted by Gasteiger charge is -2.25. The fourth-order valence-corrected chi connectivity index (χ4v) is 2.78. The first kappa shape index (κ1) is 13.9. The Labute approximate surface area is 124 Å². The molecule has 0 radical (unpaired) electrons. The summed E-state index contributed by atoms with van der Waals surface area (Å²) in [6, 6.07) is 19.1. The third kappa shape index (κ3) is 2.58. The summed E-state index contributed by atoms with van der Waals surface area (Å²) in [4.78, 5) is 2.09. The van der Waals surface area contributed by atoms with Crippen LogP contribution in [0.3, 0.4) is 0 Å². The summed E-state index contributed by atoms with van der Waals surface area (Å²) in [7, 11) is 3.40. The maximum absolute atomic E-state index is 5.32. The van der Waals surface area contributed by atoms with E-state index in [0.29, 0.717) is 13.5 Å². The summed E-state index contributed by atoms with van der Waals surface area (Å²) in [5, 5.41) is 4.96. The summed E-state index contributed by atoms with van der Waals surface area (Å²) in [5.41, 5.74) is 1.13. The van der Waals surface area contributed by atoms with E-state index in [-0.39, 0.29) is 0 Å². The largest absolute Gasteiger partial charge is 0.364 e. The third-order valence-corrected chi connectivity index (χ3v) is 3.66. The molecule has 3 nitrogen and oxygen atoms in total. The quantitative estimate of drug-likeness (QED) is 0.521.